The summed E-state index contributed by atoms with van der Waals surface area (Å²) in [6.07, 6.45) is 5.16. The summed E-state index contributed by atoms with van der Waals surface area (Å²) < 4.78 is 0. The van der Waals surface area contributed by atoms with Gasteiger partial charge in [-0.15, -0.1) is 0 Å². The minimum atomic E-state index is 0.744. The van der Waals surface area contributed by atoms with Gasteiger partial charge in [0, 0.05) is 28.0 Å². The van der Waals surface area contributed by atoms with Crippen LogP contribution in [0.4, 0.5) is 0 Å². The molecular formula is C22H23N3. The van der Waals surface area contributed by atoms with Crippen LogP contribution in [-0.2, 0) is 6.42 Å². The zero-order chi connectivity index (χ0) is 17.2. The SMILES string of the molecule is Cc1cccc2c(CCCCN)c(-c3cnc4ccccc4c3)[nH]c12. The number of aryl methyl sites for hydroxylation is 2. The Morgan fingerprint density at radius 1 is 1.04 bits per heavy atom. The van der Waals surface area contributed by atoms with Gasteiger partial charge in [0.05, 0.1) is 11.2 Å². The summed E-state index contributed by atoms with van der Waals surface area (Å²) in [6.45, 7) is 2.90. The van der Waals surface area contributed by atoms with E-state index in [1.165, 1.54) is 33.1 Å². The van der Waals surface area contributed by atoms with Crippen LogP contribution in [0.3, 0.4) is 0 Å². The summed E-state index contributed by atoms with van der Waals surface area (Å²) in [5.74, 6) is 0. The molecule has 0 aliphatic heterocycles. The highest BCUT2D eigenvalue weighted by molar-refractivity contribution is 5.94. The third-order valence-corrected chi connectivity index (χ3v) is 4.91. The first-order valence-corrected chi connectivity index (χ1v) is 8.93. The smallest absolute Gasteiger partial charge is 0.0702 e. The van der Waals surface area contributed by atoms with Crippen LogP contribution in [0, 0.1) is 6.92 Å². The second kappa shape index (κ2) is 6.69. The number of H-pyrrole nitrogens is 1. The fourth-order valence-corrected chi connectivity index (χ4v) is 3.58. The van der Waals surface area contributed by atoms with Crippen LogP contribution in [0.2, 0.25) is 0 Å². The molecule has 0 bridgehead atoms. The maximum absolute atomic E-state index is 5.70. The molecule has 0 saturated carbocycles. The summed E-state index contributed by atoms with van der Waals surface area (Å²) in [5, 5.41) is 2.49. The van der Waals surface area contributed by atoms with Crippen LogP contribution >= 0.6 is 0 Å². The summed E-state index contributed by atoms with van der Waals surface area (Å²) >= 11 is 0. The molecule has 2 aromatic heterocycles. The van der Waals surface area contributed by atoms with Crippen LogP contribution in [-0.4, -0.2) is 16.5 Å². The molecule has 0 spiro atoms. The minimum absolute atomic E-state index is 0.744. The highest BCUT2D eigenvalue weighted by Gasteiger charge is 2.14. The van der Waals surface area contributed by atoms with Crippen LogP contribution < -0.4 is 5.73 Å². The third-order valence-electron chi connectivity index (χ3n) is 4.91. The lowest BCUT2D eigenvalue weighted by Crippen LogP contribution is -1.99. The molecule has 0 saturated heterocycles. The number of nitrogens with two attached hydrogens (primary N) is 1. The fraction of sp³-hybridized carbons (Fsp3) is 0.227. The van der Waals surface area contributed by atoms with E-state index < -0.39 is 0 Å². The standard InChI is InChI=1S/C22H23N3/c1-15-7-6-10-18-19(9-4-5-12-23)22(25-21(15)18)17-13-16-8-2-3-11-20(16)24-14-17/h2-3,6-8,10-11,13-14,25H,4-5,9,12,23H2,1H3. The van der Waals surface area contributed by atoms with Gasteiger partial charge in [0.15, 0.2) is 0 Å². The van der Waals surface area contributed by atoms with Crippen LogP contribution in [0.25, 0.3) is 33.1 Å². The van der Waals surface area contributed by atoms with E-state index in [2.05, 4.69) is 59.4 Å². The van der Waals surface area contributed by atoms with Gasteiger partial charge in [-0.1, -0.05) is 36.4 Å². The number of hydrogen-bond acceptors (Lipinski definition) is 2. The van der Waals surface area contributed by atoms with Crippen molar-refractivity contribution in [1.82, 2.24) is 9.97 Å². The highest BCUT2D eigenvalue weighted by atomic mass is 14.7. The number of nitrogens with zero attached hydrogens (tertiary/aromatic N) is 1. The van der Waals surface area contributed by atoms with E-state index in [4.69, 9.17) is 5.73 Å². The van der Waals surface area contributed by atoms with Crippen molar-refractivity contribution in [2.24, 2.45) is 5.73 Å². The van der Waals surface area contributed by atoms with Crippen LogP contribution in [0.5, 0.6) is 0 Å². The number of nitrogens with one attached hydrogen (secondary N) is 1. The molecule has 0 aliphatic rings. The summed E-state index contributed by atoms with van der Waals surface area (Å²) in [6, 6.07) is 17.0. The molecule has 3 N–H and O–H groups in total. The predicted octanol–water partition coefficient (Wildman–Crippen LogP) is 4.97. The number of aromatic nitrogens is 2. The van der Waals surface area contributed by atoms with E-state index in [1.807, 2.05) is 12.3 Å². The Morgan fingerprint density at radius 3 is 2.80 bits per heavy atom. The monoisotopic (exact) mass is 329 g/mol. The van der Waals surface area contributed by atoms with E-state index in [1.54, 1.807) is 0 Å². The first-order valence-electron chi connectivity index (χ1n) is 8.93. The largest absolute Gasteiger partial charge is 0.354 e. The second-order valence-electron chi connectivity index (χ2n) is 6.64. The molecule has 0 amide bonds. The first kappa shape index (κ1) is 15.9. The van der Waals surface area contributed by atoms with E-state index in [-0.39, 0.29) is 0 Å². The molecule has 0 aliphatic carbocycles. The summed E-state index contributed by atoms with van der Waals surface area (Å²) in [5.41, 5.74) is 13.0. The van der Waals surface area contributed by atoms with Gasteiger partial charge in [-0.05, 0) is 56.0 Å². The molecule has 0 atom stereocenters. The number of para-hydroxylation sites is 2. The quantitative estimate of drug-likeness (QED) is 0.508. The summed E-state index contributed by atoms with van der Waals surface area (Å²) in [4.78, 5) is 8.32. The van der Waals surface area contributed by atoms with Gasteiger partial charge in [0.25, 0.3) is 0 Å². The Labute approximate surface area is 147 Å². The topological polar surface area (TPSA) is 54.7 Å². The van der Waals surface area contributed by atoms with Gasteiger partial charge in [0.2, 0.25) is 0 Å². The van der Waals surface area contributed by atoms with E-state index >= 15 is 0 Å². The predicted molar refractivity (Wildman–Crippen MR) is 106 cm³/mol. The number of aromatic amines is 1. The van der Waals surface area contributed by atoms with Crippen LogP contribution in [0.15, 0.2) is 54.7 Å². The molecule has 0 radical (unpaired) electrons. The van der Waals surface area contributed by atoms with Crippen molar-refractivity contribution in [2.75, 3.05) is 6.54 Å². The van der Waals surface area contributed by atoms with Crippen LogP contribution in [0.1, 0.15) is 24.0 Å². The van der Waals surface area contributed by atoms with Crippen molar-refractivity contribution in [3.05, 3.63) is 65.9 Å². The molecular weight excluding hydrogens is 306 g/mol. The number of hydrogen-bond donors (Lipinski definition) is 2. The zero-order valence-electron chi connectivity index (χ0n) is 14.5. The lowest BCUT2D eigenvalue weighted by atomic mass is 9.99. The third kappa shape index (κ3) is 2.92. The van der Waals surface area contributed by atoms with Crippen molar-refractivity contribution in [3.63, 3.8) is 0 Å². The minimum Gasteiger partial charge on any atom is -0.354 e. The molecule has 3 nitrogen and oxygen atoms in total. The molecule has 3 heteroatoms. The van der Waals surface area contributed by atoms with Gasteiger partial charge >= 0.3 is 0 Å². The maximum Gasteiger partial charge on any atom is 0.0702 e. The Bertz CT molecular complexity index is 1030. The maximum atomic E-state index is 5.70. The van der Waals surface area contributed by atoms with Crippen molar-refractivity contribution in [1.29, 1.82) is 0 Å². The molecule has 2 heterocycles. The number of fused-ring (bicyclic) bond motifs is 2. The van der Waals surface area contributed by atoms with Gasteiger partial charge in [-0.25, -0.2) is 0 Å². The number of unbranched alkanes of at least 4 members (excludes halogenated alkanes) is 1. The lowest BCUT2D eigenvalue weighted by molar-refractivity contribution is 0.748. The van der Waals surface area contributed by atoms with Gasteiger partial charge in [-0.2, -0.15) is 0 Å². The highest BCUT2D eigenvalue weighted by Crippen LogP contribution is 2.33. The average Bonchev–Trinajstić information content (AvgIpc) is 3.02. The molecule has 25 heavy (non-hydrogen) atoms. The van der Waals surface area contributed by atoms with Gasteiger partial charge < -0.3 is 10.7 Å². The van der Waals surface area contributed by atoms with Crippen molar-refractivity contribution in [3.8, 4) is 11.3 Å². The first-order chi connectivity index (χ1) is 12.3. The Morgan fingerprint density at radius 2 is 1.92 bits per heavy atom. The fourth-order valence-electron chi connectivity index (χ4n) is 3.58. The molecule has 0 unspecified atom stereocenters. The van der Waals surface area contributed by atoms with Gasteiger partial charge in [0.1, 0.15) is 0 Å². The Hall–Kier alpha value is -2.65. The molecule has 2 aromatic carbocycles. The molecule has 4 rings (SSSR count). The second-order valence-corrected chi connectivity index (χ2v) is 6.64. The van der Waals surface area contributed by atoms with E-state index in [9.17, 15) is 0 Å². The van der Waals surface area contributed by atoms with E-state index in [0.29, 0.717) is 0 Å². The van der Waals surface area contributed by atoms with Crippen molar-refractivity contribution < 1.29 is 0 Å². The lowest BCUT2D eigenvalue weighted by Gasteiger charge is -2.06. The number of rotatable bonds is 5. The van der Waals surface area contributed by atoms with Crippen molar-refractivity contribution >= 4 is 21.8 Å². The zero-order valence-corrected chi connectivity index (χ0v) is 14.5. The Kier molecular flexibility index (Phi) is 4.24. The average molecular weight is 329 g/mol. The number of pyridine rings is 1. The normalized spacial score (nSPS) is 11.4. The number of benzene rings is 2. The molecule has 126 valence electrons. The van der Waals surface area contributed by atoms with E-state index in [0.717, 1.165) is 36.9 Å². The van der Waals surface area contributed by atoms with Gasteiger partial charge in [-0.3, -0.25) is 4.98 Å². The Balaban J connectivity index is 1.89. The summed E-state index contributed by atoms with van der Waals surface area (Å²) in [7, 11) is 0. The molecule has 4 aromatic rings. The molecule has 0 fully saturated rings. The van der Waals surface area contributed by atoms with Crippen molar-refractivity contribution in [2.45, 2.75) is 26.2 Å².